The van der Waals surface area contributed by atoms with Gasteiger partial charge in [0.25, 0.3) is 0 Å². The van der Waals surface area contributed by atoms with E-state index < -0.39 is 0 Å². The molecule has 4 heteroatoms. The fourth-order valence-corrected chi connectivity index (χ4v) is 1.76. The maximum absolute atomic E-state index is 5.96. The molecule has 1 aromatic heterocycles. The molecule has 0 atom stereocenters. The van der Waals surface area contributed by atoms with Gasteiger partial charge in [0.1, 0.15) is 5.76 Å². The molecular formula is C11H11ClN2O. The number of hydrogen-bond donors (Lipinski definition) is 1. The van der Waals surface area contributed by atoms with Crippen LogP contribution in [-0.2, 0) is 0 Å². The second-order valence-corrected chi connectivity index (χ2v) is 3.84. The zero-order valence-electron chi connectivity index (χ0n) is 8.54. The van der Waals surface area contributed by atoms with Crippen molar-refractivity contribution in [1.29, 1.82) is 0 Å². The first-order valence-electron chi connectivity index (χ1n) is 4.58. The van der Waals surface area contributed by atoms with E-state index in [1.165, 1.54) is 0 Å². The lowest BCUT2D eigenvalue weighted by molar-refractivity contribution is 0.393. The maximum Gasteiger partial charge on any atom is 0.141 e. The predicted molar refractivity (Wildman–Crippen MR) is 60.8 cm³/mol. The Morgan fingerprint density at radius 1 is 1.33 bits per heavy atom. The molecule has 2 rings (SSSR count). The van der Waals surface area contributed by atoms with Gasteiger partial charge in [0, 0.05) is 5.56 Å². The average molecular weight is 223 g/mol. The minimum absolute atomic E-state index is 0.549. The molecule has 1 aromatic carbocycles. The smallest absolute Gasteiger partial charge is 0.141 e. The minimum atomic E-state index is 0.549. The molecule has 0 saturated carbocycles. The summed E-state index contributed by atoms with van der Waals surface area (Å²) in [6.07, 6.45) is 0. The minimum Gasteiger partial charge on any atom is -0.398 e. The Hall–Kier alpha value is -1.48. The molecule has 3 nitrogen and oxygen atoms in total. The van der Waals surface area contributed by atoms with Crippen LogP contribution in [0.2, 0.25) is 5.02 Å². The molecule has 15 heavy (non-hydrogen) atoms. The lowest BCUT2D eigenvalue weighted by Gasteiger charge is -2.03. The zero-order chi connectivity index (χ0) is 11.0. The van der Waals surface area contributed by atoms with Gasteiger partial charge in [-0.1, -0.05) is 22.8 Å². The molecule has 2 N–H and O–H groups in total. The van der Waals surface area contributed by atoms with Crippen LogP contribution in [0.25, 0.3) is 11.1 Å². The second kappa shape index (κ2) is 3.59. The van der Waals surface area contributed by atoms with Gasteiger partial charge in [0.05, 0.1) is 16.4 Å². The van der Waals surface area contributed by atoms with Crippen molar-refractivity contribution in [1.82, 2.24) is 5.16 Å². The number of halogens is 1. The lowest BCUT2D eigenvalue weighted by atomic mass is 10.0. The lowest BCUT2D eigenvalue weighted by Crippen LogP contribution is -1.87. The number of benzene rings is 1. The van der Waals surface area contributed by atoms with Gasteiger partial charge in [-0.25, -0.2) is 0 Å². The van der Waals surface area contributed by atoms with Crippen molar-refractivity contribution in [3.05, 3.63) is 34.7 Å². The Morgan fingerprint density at radius 3 is 2.60 bits per heavy atom. The molecule has 0 aliphatic heterocycles. The molecule has 0 unspecified atom stereocenters. The van der Waals surface area contributed by atoms with Gasteiger partial charge in [0.2, 0.25) is 0 Å². The molecule has 0 aliphatic rings. The highest BCUT2D eigenvalue weighted by Crippen LogP contribution is 2.30. The summed E-state index contributed by atoms with van der Waals surface area (Å²) in [5, 5.41) is 4.44. The summed E-state index contributed by atoms with van der Waals surface area (Å²) < 4.78 is 5.10. The third-order valence-corrected chi connectivity index (χ3v) is 2.65. The van der Waals surface area contributed by atoms with Crippen molar-refractivity contribution in [2.75, 3.05) is 5.73 Å². The summed E-state index contributed by atoms with van der Waals surface area (Å²) in [4.78, 5) is 0. The standard InChI is InChI=1S/C11H11ClN2O/c1-6-11(7(2)15-14-6)8-3-4-10(13)9(12)5-8/h3-5H,13H2,1-2H3. The third kappa shape index (κ3) is 1.70. The molecule has 78 valence electrons. The van der Waals surface area contributed by atoms with Crippen molar-refractivity contribution in [2.24, 2.45) is 0 Å². The highest BCUT2D eigenvalue weighted by atomic mass is 35.5. The fraction of sp³-hybridized carbons (Fsp3) is 0.182. The van der Waals surface area contributed by atoms with Crippen LogP contribution in [0, 0.1) is 13.8 Å². The average Bonchev–Trinajstić information content (AvgIpc) is 2.52. The highest BCUT2D eigenvalue weighted by Gasteiger charge is 2.11. The topological polar surface area (TPSA) is 52.0 Å². The van der Waals surface area contributed by atoms with E-state index in [1.54, 1.807) is 6.07 Å². The van der Waals surface area contributed by atoms with Crippen molar-refractivity contribution in [3.8, 4) is 11.1 Å². The summed E-state index contributed by atoms with van der Waals surface area (Å²) >= 11 is 5.96. The van der Waals surface area contributed by atoms with Crippen LogP contribution in [0.1, 0.15) is 11.5 Å². The van der Waals surface area contributed by atoms with E-state index in [2.05, 4.69) is 5.16 Å². The van der Waals surface area contributed by atoms with E-state index in [1.807, 2.05) is 26.0 Å². The second-order valence-electron chi connectivity index (χ2n) is 3.44. The molecule has 0 radical (unpaired) electrons. The van der Waals surface area contributed by atoms with Crippen LogP contribution in [0.4, 0.5) is 5.69 Å². The number of hydrogen-bond acceptors (Lipinski definition) is 3. The summed E-state index contributed by atoms with van der Waals surface area (Å²) in [5.41, 5.74) is 9.04. The van der Waals surface area contributed by atoms with Gasteiger partial charge in [-0.15, -0.1) is 0 Å². The number of rotatable bonds is 1. The maximum atomic E-state index is 5.96. The third-order valence-electron chi connectivity index (χ3n) is 2.32. The van der Waals surface area contributed by atoms with Crippen molar-refractivity contribution in [2.45, 2.75) is 13.8 Å². The molecule has 0 fully saturated rings. The van der Waals surface area contributed by atoms with Crippen LogP contribution in [0.15, 0.2) is 22.7 Å². The first-order valence-corrected chi connectivity index (χ1v) is 4.95. The fourth-order valence-electron chi connectivity index (χ4n) is 1.58. The van der Waals surface area contributed by atoms with Gasteiger partial charge in [-0.05, 0) is 31.5 Å². The molecular weight excluding hydrogens is 212 g/mol. The Kier molecular flexibility index (Phi) is 2.40. The van der Waals surface area contributed by atoms with E-state index in [0.29, 0.717) is 10.7 Å². The van der Waals surface area contributed by atoms with Crippen molar-refractivity contribution < 1.29 is 4.52 Å². The number of nitrogens with two attached hydrogens (primary N) is 1. The molecule has 1 heterocycles. The number of anilines is 1. The summed E-state index contributed by atoms with van der Waals surface area (Å²) in [5.74, 6) is 0.785. The van der Waals surface area contributed by atoms with Gasteiger partial charge in [0.15, 0.2) is 0 Å². The van der Waals surface area contributed by atoms with E-state index in [9.17, 15) is 0 Å². The summed E-state index contributed by atoms with van der Waals surface area (Å²) in [6.45, 7) is 3.77. The molecule has 0 bridgehead atoms. The normalized spacial score (nSPS) is 10.6. The van der Waals surface area contributed by atoms with Gasteiger partial charge in [-0.2, -0.15) is 0 Å². The van der Waals surface area contributed by atoms with E-state index in [0.717, 1.165) is 22.6 Å². The van der Waals surface area contributed by atoms with Crippen molar-refractivity contribution >= 4 is 17.3 Å². The quantitative estimate of drug-likeness (QED) is 0.754. The number of aryl methyl sites for hydroxylation is 2. The van der Waals surface area contributed by atoms with Crippen LogP contribution < -0.4 is 5.73 Å². The number of nitrogen functional groups attached to an aromatic ring is 1. The van der Waals surface area contributed by atoms with E-state index in [-0.39, 0.29) is 0 Å². The van der Waals surface area contributed by atoms with Crippen LogP contribution in [0.3, 0.4) is 0 Å². The Bertz CT molecular complexity index is 486. The van der Waals surface area contributed by atoms with Gasteiger partial charge in [-0.3, -0.25) is 0 Å². The molecule has 2 aromatic rings. The molecule has 0 spiro atoms. The highest BCUT2D eigenvalue weighted by molar-refractivity contribution is 6.33. The first-order chi connectivity index (χ1) is 7.09. The molecule has 0 aliphatic carbocycles. The largest absolute Gasteiger partial charge is 0.398 e. The SMILES string of the molecule is Cc1noc(C)c1-c1ccc(N)c(Cl)c1. The number of nitrogens with zero attached hydrogens (tertiary/aromatic N) is 1. The summed E-state index contributed by atoms with van der Waals surface area (Å²) in [6, 6.07) is 5.51. The monoisotopic (exact) mass is 222 g/mol. The van der Waals surface area contributed by atoms with Gasteiger partial charge >= 0.3 is 0 Å². The Morgan fingerprint density at radius 2 is 2.07 bits per heavy atom. The van der Waals surface area contributed by atoms with Gasteiger partial charge < -0.3 is 10.3 Å². The van der Waals surface area contributed by atoms with Crippen LogP contribution in [-0.4, -0.2) is 5.16 Å². The first kappa shape index (κ1) is 10.1. The van der Waals surface area contributed by atoms with E-state index in [4.69, 9.17) is 21.9 Å². The Balaban J connectivity index is 2.59. The molecule has 0 amide bonds. The zero-order valence-corrected chi connectivity index (χ0v) is 9.30. The van der Waals surface area contributed by atoms with Crippen LogP contribution >= 0.6 is 11.6 Å². The van der Waals surface area contributed by atoms with E-state index >= 15 is 0 Å². The summed E-state index contributed by atoms with van der Waals surface area (Å²) in [7, 11) is 0. The Labute approximate surface area is 92.8 Å². The van der Waals surface area contributed by atoms with Crippen molar-refractivity contribution in [3.63, 3.8) is 0 Å². The predicted octanol–water partition coefficient (Wildman–Crippen LogP) is 3.19. The number of aromatic nitrogens is 1. The molecule has 0 saturated heterocycles. The van der Waals surface area contributed by atoms with Crippen LogP contribution in [0.5, 0.6) is 0 Å².